The number of nitrogens with zero attached hydrogens (tertiary/aromatic N) is 3. The van der Waals surface area contributed by atoms with Crippen LogP contribution in [0.4, 0.5) is 0 Å². The highest BCUT2D eigenvalue weighted by Crippen LogP contribution is 2.31. The van der Waals surface area contributed by atoms with Crippen LogP contribution >= 0.6 is 0 Å². The number of nitrogens with one attached hydrogen (secondary N) is 1. The molecule has 130 valence electrons. The topological polar surface area (TPSA) is 76.7 Å². The smallest absolute Gasteiger partial charge is 0.326 e. The van der Waals surface area contributed by atoms with Gasteiger partial charge in [0.1, 0.15) is 0 Å². The van der Waals surface area contributed by atoms with E-state index >= 15 is 0 Å². The van der Waals surface area contributed by atoms with Crippen LogP contribution in [0, 0.1) is 0 Å². The Morgan fingerprint density at radius 1 is 1.04 bits per heavy atom. The molecule has 0 saturated heterocycles. The quantitative estimate of drug-likeness (QED) is 0.604. The Bertz CT molecular complexity index is 1120. The first-order chi connectivity index (χ1) is 12.8. The van der Waals surface area contributed by atoms with E-state index in [1.165, 1.54) is 12.8 Å². The van der Waals surface area contributed by atoms with Gasteiger partial charge in [-0.3, -0.25) is 4.57 Å². The lowest BCUT2D eigenvalue weighted by Gasteiger charge is -2.11. The third-order valence-corrected chi connectivity index (χ3v) is 5.11. The molecule has 6 heteroatoms. The van der Waals surface area contributed by atoms with Crippen LogP contribution < -0.4 is 5.69 Å². The average Bonchev–Trinajstić information content (AvgIpc) is 3.41. The van der Waals surface area contributed by atoms with Gasteiger partial charge in [0, 0.05) is 17.2 Å². The molecular weight excluding hydrogens is 328 g/mol. The van der Waals surface area contributed by atoms with E-state index in [4.69, 9.17) is 4.52 Å². The van der Waals surface area contributed by atoms with Gasteiger partial charge in [-0.15, -0.1) is 0 Å². The number of fused-ring (bicyclic) bond motifs is 1. The second kappa shape index (κ2) is 5.98. The Kier molecular flexibility index (Phi) is 3.48. The van der Waals surface area contributed by atoms with E-state index in [1.807, 2.05) is 53.1 Å². The maximum atomic E-state index is 12.4. The largest absolute Gasteiger partial charge is 0.334 e. The standard InChI is InChI=1S/C20H18N4O2/c25-20-21-16-12-14(10-11-17(16)24(20)15-8-4-5-9-15)18-22-19(26-23-18)13-6-2-1-3-7-13/h1-3,6-7,10-12,15H,4-5,8-9H2,(H,21,25). The van der Waals surface area contributed by atoms with Crippen LogP contribution in [0.1, 0.15) is 31.7 Å². The molecular formula is C20H18N4O2. The normalized spacial score (nSPS) is 15.1. The van der Waals surface area contributed by atoms with Crippen molar-refractivity contribution in [2.24, 2.45) is 0 Å². The zero-order chi connectivity index (χ0) is 17.5. The number of aromatic amines is 1. The molecule has 4 aromatic rings. The molecule has 0 amide bonds. The minimum Gasteiger partial charge on any atom is -0.334 e. The highest BCUT2D eigenvalue weighted by Gasteiger charge is 2.21. The van der Waals surface area contributed by atoms with Crippen molar-refractivity contribution in [3.05, 3.63) is 59.0 Å². The molecule has 1 saturated carbocycles. The third kappa shape index (κ3) is 2.45. The van der Waals surface area contributed by atoms with Crippen LogP contribution in [0.2, 0.25) is 0 Å². The summed E-state index contributed by atoms with van der Waals surface area (Å²) in [6.07, 6.45) is 4.51. The molecule has 1 aliphatic rings. The van der Waals surface area contributed by atoms with Crippen LogP contribution in [0.3, 0.4) is 0 Å². The molecule has 0 aliphatic heterocycles. The lowest BCUT2D eigenvalue weighted by atomic mass is 10.1. The molecule has 2 aromatic heterocycles. The summed E-state index contributed by atoms with van der Waals surface area (Å²) in [7, 11) is 0. The Hall–Kier alpha value is -3.15. The van der Waals surface area contributed by atoms with Gasteiger partial charge in [0.25, 0.3) is 5.89 Å². The lowest BCUT2D eigenvalue weighted by molar-refractivity contribution is 0.432. The fourth-order valence-corrected chi connectivity index (χ4v) is 3.83. The Morgan fingerprint density at radius 2 is 1.85 bits per heavy atom. The number of imidazole rings is 1. The first kappa shape index (κ1) is 15.1. The maximum Gasteiger partial charge on any atom is 0.326 e. The van der Waals surface area contributed by atoms with Gasteiger partial charge in [0.2, 0.25) is 5.82 Å². The second-order valence-electron chi connectivity index (χ2n) is 6.76. The summed E-state index contributed by atoms with van der Waals surface area (Å²) in [5, 5.41) is 4.09. The molecule has 0 spiro atoms. The van der Waals surface area contributed by atoms with Crippen LogP contribution in [-0.2, 0) is 0 Å². The van der Waals surface area contributed by atoms with Crippen molar-refractivity contribution in [3.63, 3.8) is 0 Å². The van der Waals surface area contributed by atoms with Gasteiger partial charge in [0.05, 0.1) is 11.0 Å². The highest BCUT2D eigenvalue weighted by atomic mass is 16.5. The van der Waals surface area contributed by atoms with Gasteiger partial charge in [-0.05, 0) is 43.2 Å². The Labute approximate surface area is 149 Å². The Morgan fingerprint density at radius 3 is 2.65 bits per heavy atom. The number of H-pyrrole nitrogens is 1. The van der Waals surface area contributed by atoms with E-state index in [2.05, 4.69) is 15.1 Å². The van der Waals surface area contributed by atoms with E-state index in [-0.39, 0.29) is 5.69 Å². The first-order valence-electron chi connectivity index (χ1n) is 8.93. The van der Waals surface area contributed by atoms with Gasteiger partial charge in [-0.25, -0.2) is 4.79 Å². The summed E-state index contributed by atoms with van der Waals surface area (Å²) in [4.78, 5) is 19.9. The number of aromatic nitrogens is 4. The van der Waals surface area contributed by atoms with Gasteiger partial charge in [-0.2, -0.15) is 4.98 Å². The minimum atomic E-state index is -0.0397. The van der Waals surface area contributed by atoms with Crippen molar-refractivity contribution in [2.75, 3.05) is 0 Å². The fourth-order valence-electron chi connectivity index (χ4n) is 3.83. The zero-order valence-electron chi connectivity index (χ0n) is 14.2. The molecule has 2 heterocycles. The summed E-state index contributed by atoms with van der Waals surface area (Å²) in [5.41, 5.74) is 3.42. The number of hydrogen-bond acceptors (Lipinski definition) is 4. The number of hydrogen-bond donors (Lipinski definition) is 1. The molecule has 0 bridgehead atoms. The van der Waals surface area contributed by atoms with Crippen LogP contribution in [0.5, 0.6) is 0 Å². The molecule has 1 N–H and O–H groups in total. The van der Waals surface area contributed by atoms with Crippen molar-refractivity contribution in [1.82, 2.24) is 19.7 Å². The number of benzene rings is 2. The van der Waals surface area contributed by atoms with E-state index in [0.29, 0.717) is 17.8 Å². The third-order valence-electron chi connectivity index (χ3n) is 5.11. The monoisotopic (exact) mass is 346 g/mol. The molecule has 1 fully saturated rings. The summed E-state index contributed by atoms with van der Waals surface area (Å²) < 4.78 is 7.29. The van der Waals surface area contributed by atoms with Crippen molar-refractivity contribution >= 4 is 11.0 Å². The predicted octanol–water partition coefficient (Wildman–Crippen LogP) is 4.16. The summed E-state index contributed by atoms with van der Waals surface area (Å²) in [6, 6.07) is 15.8. The molecule has 0 unspecified atom stereocenters. The average molecular weight is 346 g/mol. The Balaban J connectivity index is 1.55. The van der Waals surface area contributed by atoms with Gasteiger partial charge < -0.3 is 9.51 Å². The molecule has 0 atom stereocenters. The molecule has 26 heavy (non-hydrogen) atoms. The zero-order valence-corrected chi connectivity index (χ0v) is 14.2. The lowest BCUT2D eigenvalue weighted by Crippen LogP contribution is -2.20. The van der Waals surface area contributed by atoms with Gasteiger partial charge >= 0.3 is 5.69 Å². The maximum absolute atomic E-state index is 12.4. The van der Waals surface area contributed by atoms with Crippen molar-refractivity contribution in [3.8, 4) is 22.8 Å². The second-order valence-corrected chi connectivity index (χ2v) is 6.76. The minimum absolute atomic E-state index is 0.0397. The van der Waals surface area contributed by atoms with Crippen molar-refractivity contribution in [2.45, 2.75) is 31.7 Å². The molecule has 6 nitrogen and oxygen atoms in total. The van der Waals surface area contributed by atoms with Crippen molar-refractivity contribution < 1.29 is 4.52 Å². The van der Waals surface area contributed by atoms with E-state index in [1.54, 1.807) is 0 Å². The van der Waals surface area contributed by atoms with Gasteiger partial charge in [0.15, 0.2) is 0 Å². The SMILES string of the molecule is O=c1[nH]c2cc(-c3noc(-c4ccccc4)n3)ccc2n1C1CCCC1. The molecule has 5 rings (SSSR count). The summed E-state index contributed by atoms with van der Waals surface area (Å²) in [5.74, 6) is 0.998. The van der Waals surface area contributed by atoms with Crippen LogP contribution in [-0.4, -0.2) is 19.7 Å². The van der Waals surface area contributed by atoms with E-state index < -0.39 is 0 Å². The van der Waals surface area contributed by atoms with Crippen LogP contribution in [0.15, 0.2) is 57.8 Å². The van der Waals surface area contributed by atoms with Crippen molar-refractivity contribution in [1.29, 1.82) is 0 Å². The first-order valence-corrected chi connectivity index (χ1v) is 8.93. The van der Waals surface area contributed by atoms with Gasteiger partial charge in [-0.1, -0.05) is 36.2 Å². The van der Waals surface area contributed by atoms with Crippen LogP contribution in [0.25, 0.3) is 33.9 Å². The fraction of sp³-hybridized carbons (Fsp3) is 0.250. The summed E-state index contributed by atoms with van der Waals surface area (Å²) in [6.45, 7) is 0. The highest BCUT2D eigenvalue weighted by molar-refractivity contribution is 5.81. The molecule has 0 radical (unpaired) electrons. The van der Waals surface area contributed by atoms with E-state index in [9.17, 15) is 4.79 Å². The predicted molar refractivity (Wildman–Crippen MR) is 98.8 cm³/mol. The molecule has 1 aliphatic carbocycles. The number of rotatable bonds is 3. The summed E-state index contributed by atoms with van der Waals surface area (Å²) >= 11 is 0. The van der Waals surface area contributed by atoms with E-state index in [0.717, 1.165) is 35.0 Å². The molecule has 2 aromatic carbocycles.